The van der Waals surface area contributed by atoms with E-state index >= 15 is 0 Å². The molecule has 6 nitrogen and oxygen atoms in total. The number of hydrogen-bond donors (Lipinski definition) is 1. The van der Waals surface area contributed by atoms with Gasteiger partial charge in [0, 0.05) is 25.1 Å². The van der Waals surface area contributed by atoms with Gasteiger partial charge in [0.15, 0.2) is 0 Å². The molecule has 118 valence electrons. The van der Waals surface area contributed by atoms with Gasteiger partial charge < -0.3 is 19.6 Å². The summed E-state index contributed by atoms with van der Waals surface area (Å²) in [5, 5.41) is 6.91. The molecule has 1 fully saturated rings. The van der Waals surface area contributed by atoms with E-state index in [-0.39, 0.29) is 12.0 Å². The number of oxime groups is 1. The van der Waals surface area contributed by atoms with E-state index in [9.17, 15) is 4.79 Å². The summed E-state index contributed by atoms with van der Waals surface area (Å²) in [4.78, 5) is 17.4. The molecule has 0 aromatic heterocycles. The van der Waals surface area contributed by atoms with Gasteiger partial charge in [0.25, 0.3) is 5.91 Å². The number of benzene rings is 1. The summed E-state index contributed by atoms with van der Waals surface area (Å²) in [5.74, 6) is 0.614. The van der Waals surface area contributed by atoms with Crippen molar-refractivity contribution in [3.05, 3.63) is 29.8 Å². The van der Waals surface area contributed by atoms with Gasteiger partial charge in [0.1, 0.15) is 5.75 Å². The molecule has 2 heterocycles. The summed E-state index contributed by atoms with van der Waals surface area (Å²) in [6, 6.07) is 7.57. The van der Waals surface area contributed by atoms with Crippen LogP contribution >= 0.6 is 0 Å². The van der Waals surface area contributed by atoms with Crippen molar-refractivity contribution in [2.75, 3.05) is 20.3 Å². The molecule has 0 spiro atoms. The second kappa shape index (κ2) is 6.79. The normalized spacial score (nSPS) is 23.8. The van der Waals surface area contributed by atoms with Gasteiger partial charge in [0.05, 0.1) is 18.9 Å². The molecule has 6 heteroatoms. The molecule has 0 unspecified atom stereocenters. The van der Waals surface area contributed by atoms with Gasteiger partial charge in [-0.15, -0.1) is 0 Å². The fourth-order valence-corrected chi connectivity index (χ4v) is 2.62. The predicted octanol–water partition coefficient (Wildman–Crippen LogP) is 1.48. The van der Waals surface area contributed by atoms with E-state index in [1.807, 2.05) is 24.3 Å². The molecule has 1 amide bonds. The smallest absolute Gasteiger partial charge is 0.264 e. The third-order valence-corrected chi connectivity index (χ3v) is 3.89. The highest BCUT2D eigenvalue weighted by molar-refractivity contribution is 6.04. The van der Waals surface area contributed by atoms with E-state index in [1.165, 1.54) is 0 Å². The van der Waals surface area contributed by atoms with Crippen LogP contribution in [0.4, 0.5) is 0 Å². The molecule has 0 aliphatic carbocycles. The molecule has 2 atom stereocenters. The number of ether oxygens (including phenoxy) is 2. The maximum atomic E-state index is 12.1. The van der Waals surface area contributed by atoms with Crippen LogP contribution in [0.25, 0.3) is 0 Å². The second-order valence-electron chi connectivity index (χ2n) is 5.45. The minimum atomic E-state index is -0.567. The average molecular weight is 304 g/mol. The van der Waals surface area contributed by atoms with Crippen molar-refractivity contribution < 1.29 is 19.1 Å². The van der Waals surface area contributed by atoms with Crippen molar-refractivity contribution in [2.24, 2.45) is 5.16 Å². The van der Waals surface area contributed by atoms with Crippen molar-refractivity contribution in [3.63, 3.8) is 0 Å². The largest absolute Gasteiger partial charge is 0.497 e. The van der Waals surface area contributed by atoms with Gasteiger partial charge in [-0.3, -0.25) is 4.79 Å². The number of carbonyl (C=O) groups is 1. The summed E-state index contributed by atoms with van der Waals surface area (Å²) in [5.41, 5.74) is 1.67. The molecule has 22 heavy (non-hydrogen) atoms. The first kappa shape index (κ1) is 14.8. The Labute approximate surface area is 129 Å². The second-order valence-corrected chi connectivity index (χ2v) is 5.45. The topological polar surface area (TPSA) is 69.2 Å². The van der Waals surface area contributed by atoms with Crippen LogP contribution < -0.4 is 10.1 Å². The number of nitrogens with zero attached hydrogens (tertiary/aromatic N) is 1. The fourth-order valence-electron chi connectivity index (χ4n) is 2.62. The lowest BCUT2D eigenvalue weighted by atomic mass is 10.0. The first-order valence-electron chi connectivity index (χ1n) is 7.52. The zero-order valence-electron chi connectivity index (χ0n) is 12.6. The molecule has 3 rings (SSSR count). The molecule has 1 aromatic carbocycles. The predicted molar refractivity (Wildman–Crippen MR) is 81.0 cm³/mol. The van der Waals surface area contributed by atoms with Gasteiger partial charge in [-0.05, 0) is 25.0 Å². The molecule has 0 radical (unpaired) electrons. The standard InChI is InChI=1S/C16H20N2O4/c1-20-12-5-2-4-11(8-12)14-9-15(22-18-14)16(19)17-10-13-6-3-7-21-13/h2,4-5,8,13,15H,3,6-7,9-10H2,1H3,(H,17,19)/t13-,15-/m1/s1. The van der Waals surface area contributed by atoms with Crippen molar-refractivity contribution in [2.45, 2.75) is 31.5 Å². The lowest BCUT2D eigenvalue weighted by molar-refractivity contribution is -0.131. The molecule has 1 N–H and O–H groups in total. The fraction of sp³-hybridized carbons (Fsp3) is 0.500. The van der Waals surface area contributed by atoms with Gasteiger partial charge in [0.2, 0.25) is 6.10 Å². The van der Waals surface area contributed by atoms with Crippen LogP contribution in [0, 0.1) is 0 Å². The van der Waals surface area contributed by atoms with Crippen LogP contribution in [-0.4, -0.2) is 44.1 Å². The first-order valence-corrected chi connectivity index (χ1v) is 7.52. The molecular weight excluding hydrogens is 284 g/mol. The summed E-state index contributed by atoms with van der Waals surface area (Å²) < 4.78 is 10.7. The SMILES string of the molecule is COc1cccc(C2=NO[C@@H](C(=O)NC[C@H]3CCCO3)C2)c1. The van der Waals surface area contributed by atoms with Gasteiger partial charge in [-0.2, -0.15) is 0 Å². The Kier molecular flexibility index (Phi) is 4.58. The number of hydrogen-bond acceptors (Lipinski definition) is 5. The van der Waals surface area contributed by atoms with Gasteiger partial charge in [-0.25, -0.2) is 0 Å². The van der Waals surface area contributed by atoms with E-state index in [2.05, 4.69) is 10.5 Å². The lowest BCUT2D eigenvalue weighted by Gasteiger charge is -2.13. The Bertz CT molecular complexity index is 567. The van der Waals surface area contributed by atoms with Crippen LogP contribution in [0.2, 0.25) is 0 Å². The number of nitrogens with one attached hydrogen (secondary N) is 1. The minimum absolute atomic E-state index is 0.129. The molecule has 0 saturated carbocycles. The van der Waals surface area contributed by atoms with Gasteiger partial charge >= 0.3 is 0 Å². The molecule has 1 saturated heterocycles. The van der Waals surface area contributed by atoms with E-state index < -0.39 is 6.10 Å². The maximum Gasteiger partial charge on any atom is 0.264 e. The summed E-state index contributed by atoms with van der Waals surface area (Å²) in [7, 11) is 1.62. The van der Waals surface area contributed by atoms with Crippen LogP contribution in [-0.2, 0) is 14.4 Å². The van der Waals surface area contributed by atoms with E-state index in [4.69, 9.17) is 14.3 Å². The van der Waals surface area contributed by atoms with Crippen LogP contribution in [0.5, 0.6) is 5.75 Å². The quantitative estimate of drug-likeness (QED) is 0.894. The van der Waals surface area contributed by atoms with Crippen molar-refractivity contribution in [1.29, 1.82) is 0 Å². The molecule has 1 aromatic rings. The highest BCUT2D eigenvalue weighted by Crippen LogP contribution is 2.20. The van der Waals surface area contributed by atoms with Crippen molar-refractivity contribution >= 4 is 11.6 Å². The highest BCUT2D eigenvalue weighted by atomic mass is 16.6. The van der Waals surface area contributed by atoms with E-state index in [0.29, 0.717) is 13.0 Å². The van der Waals surface area contributed by atoms with Crippen LogP contribution in [0.3, 0.4) is 0 Å². The summed E-state index contributed by atoms with van der Waals surface area (Å²) in [6.07, 6.45) is 2.08. The molecule has 2 aliphatic heterocycles. The van der Waals surface area contributed by atoms with E-state index in [0.717, 1.165) is 36.5 Å². The van der Waals surface area contributed by atoms with Crippen LogP contribution in [0.15, 0.2) is 29.4 Å². The number of carbonyl (C=O) groups excluding carboxylic acids is 1. The molecular formula is C16H20N2O4. The van der Waals surface area contributed by atoms with Crippen LogP contribution in [0.1, 0.15) is 24.8 Å². The van der Waals surface area contributed by atoms with E-state index in [1.54, 1.807) is 7.11 Å². The number of methoxy groups -OCH3 is 1. The third-order valence-electron chi connectivity index (χ3n) is 3.89. The number of rotatable bonds is 5. The Hall–Kier alpha value is -2.08. The Morgan fingerprint density at radius 3 is 3.18 bits per heavy atom. The Morgan fingerprint density at radius 2 is 2.41 bits per heavy atom. The highest BCUT2D eigenvalue weighted by Gasteiger charge is 2.29. The maximum absolute atomic E-state index is 12.1. The zero-order chi connectivity index (χ0) is 15.4. The summed E-state index contributed by atoms with van der Waals surface area (Å²) in [6.45, 7) is 1.32. The van der Waals surface area contributed by atoms with Gasteiger partial charge in [-0.1, -0.05) is 17.3 Å². The minimum Gasteiger partial charge on any atom is -0.497 e. The average Bonchev–Trinajstić information content (AvgIpc) is 3.24. The summed E-state index contributed by atoms with van der Waals surface area (Å²) >= 11 is 0. The monoisotopic (exact) mass is 304 g/mol. The lowest BCUT2D eigenvalue weighted by Crippen LogP contribution is -2.39. The Morgan fingerprint density at radius 1 is 1.50 bits per heavy atom. The number of amides is 1. The third kappa shape index (κ3) is 3.39. The first-order chi connectivity index (χ1) is 10.8. The van der Waals surface area contributed by atoms with Crippen molar-refractivity contribution in [1.82, 2.24) is 5.32 Å². The zero-order valence-corrected chi connectivity index (χ0v) is 12.6. The molecule has 2 aliphatic rings. The van der Waals surface area contributed by atoms with Crippen molar-refractivity contribution in [3.8, 4) is 5.75 Å². The molecule has 0 bridgehead atoms. The Balaban J connectivity index is 1.53.